The molecule has 4 rings (SSSR count). The molecular weight excluding hydrogens is 466 g/mol. The number of benzene rings is 3. The predicted octanol–water partition coefficient (Wildman–Crippen LogP) is 3.97. The Morgan fingerprint density at radius 2 is 1.57 bits per heavy atom. The van der Waals surface area contributed by atoms with Crippen LogP contribution in [0.3, 0.4) is 0 Å². The van der Waals surface area contributed by atoms with E-state index in [1.807, 2.05) is 24.3 Å². The first-order valence-corrected chi connectivity index (χ1v) is 12.6. The SMILES string of the molecule is COc1ccc(NC(=O)CC2c3ccccc3CCN2S(=O)(=O)c2ccc(NC(C)=O)cc2)cc1. The molecule has 1 atom stereocenters. The molecule has 1 aliphatic rings. The highest BCUT2D eigenvalue weighted by Gasteiger charge is 2.37. The normalized spacial score (nSPS) is 15.7. The highest BCUT2D eigenvalue weighted by atomic mass is 32.2. The van der Waals surface area contributed by atoms with Crippen molar-refractivity contribution in [3.8, 4) is 5.75 Å². The molecule has 1 aliphatic heterocycles. The number of hydrogen-bond acceptors (Lipinski definition) is 5. The Morgan fingerprint density at radius 3 is 2.23 bits per heavy atom. The zero-order valence-corrected chi connectivity index (χ0v) is 20.3. The molecule has 3 aromatic rings. The van der Waals surface area contributed by atoms with Gasteiger partial charge in [-0.05, 0) is 66.1 Å². The van der Waals surface area contributed by atoms with Crippen molar-refractivity contribution in [3.63, 3.8) is 0 Å². The molecule has 0 bridgehead atoms. The first kappa shape index (κ1) is 24.4. The van der Waals surface area contributed by atoms with Crippen molar-refractivity contribution in [2.24, 2.45) is 0 Å². The van der Waals surface area contributed by atoms with Gasteiger partial charge in [-0.1, -0.05) is 24.3 Å². The maximum absolute atomic E-state index is 13.6. The van der Waals surface area contributed by atoms with Crippen molar-refractivity contribution in [3.05, 3.63) is 83.9 Å². The molecule has 3 aromatic carbocycles. The Morgan fingerprint density at radius 1 is 0.943 bits per heavy atom. The van der Waals surface area contributed by atoms with E-state index >= 15 is 0 Å². The lowest BCUT2D eigenvalue weighted by Crippen LogP contribution is -2.41. The summed E-state index contributed by atoms with van der Waals surface area (Å²) in [6.45, 7) is 1.64. The number of ether oxygens (including phenoxy) is 1. The van der Waals surface area contributed by atoms with Crippen LogP contribution in [0.15, 0.2) is 77.7 Å². The Labute approximate surface area is 205 Å². The second-order valence-corrected chi connectivity index (χ2v) is 10.2. The standard InChI is InChI=1S/C26H27N3O5S/c1-18(30)27-20-9-13-23(14-10-20)35(32,33)29-16-15-19-5-3-4-6-24(19)25(29)17-26(31)28-21-7-11-22(34-2)12-8-21/h3-14,25H,15-17H2,1-2H3,(H,27,30)(H,28,31). The summed E-state index contributed by atoms with van der Waals surface area (Å²) in [4.78, 5) is 24.4. The molecule has 9 heteroatoms. The molecule has 2 N–H and O–H groups in total. The maximum Gasteiger partial charge on any atom is 0.243 e. The topological polar surface area (TPSA) is 105 Å². The fourth-order valence-corrected chi connectivity index (χ4v) is 5.84. The number of fused-ring (bicyclic) bond motifs is 1. The van der Waals surface area contributed by atoms with Crippen LogP contribution >= 0.6 is 0 Å². The van der Waals surface area contributed by atoms with Crippen LogP contribution in [0.5, 0.6) is 5.75 Å². The van der Waals surface area contributed by atoms with Gasteiger partial charge in [-0.15, -0.1) is 0 Å². The Kier molecular flexibility index (Phi) is 7.18. The molecule has 8 nitrogen and oxygen atoms in total. The van der Waals surface area contributed by atoms with Crippen LogP contribution in [-0.4, -0.2) is 38.2 Å². The lowest BCUT2D eigenvalue weighted by atomic mass is 9.92. The number of carbonyl (C=O) groups excluding carboxylic acids is 2. The molecule has 0 saturated heterocycles. The number of methoxy groups -OCH3 is 1. The van der Waals surface area contributed by atoms with Crippen molar-refractivity contribution < 1.29 is 22.7 Å². The van der Waals surface area contributed by atoms with E-state index in [4.69, 9.17) is 4.74 Å². The van der Waals surface area contributed by atoms with Crippen LogP contribution < -0.4 is 15.4 Å². The second-order valence-electron chi connectivity index (χ2n) is 8.27. The van der Waals surface area contributed by atoms with E-state index in [1.54, 1.807) is 43.5 Å². The Balaban J connectivity index is 1.61. The van der Waals surface area contributed by atoms with Gasteiger partial charge in [0.1, 0.15) is 5.75 Å². The number of nitrogens with zero attached hydrogens (tertiary/aromatic N) is 1. The molecule has 0 aliphatic carbocycles. The van der Waals surface area contributed by atoms with Gasteiger partial charge in [-0.3, -0.25) is 9.59 Å². The molecule has 0 spiro atoms. The van der Waals surface area contributed by atoms with Crippen molar-refractivity contribution in [1.82, 2.24) is 4.31 Å². The molecule has 2 amide bonds. The van der Waals surface area contributed by atoms with Crippen molar-refractivity contribution in [1.29, 1.82) is 0 Å². The quantitative estimate of drug-likeness (QED) is 0.518. The minimum absolute atomic E-state index is 0.0355. The van der Waals surface area contributed by atoms with Gasteiger partial charge in [-0.2, -0.15) is 4.31 Å². The molecule has 0 fully saturated rings. The summed E-state index contributed by atoms with van der Waals surface area (Å²) in [7, 11) is -2.34. The molecule has 0 radical (unpaired) electrons. The number of nitrogens with one attached hydrogen (secondary N) is 2. The van der Waals surface area contributed by atoms with Crippen LogP contribution in [0.2, 0.25) is 0 Å². The first-order chi connectivity index (χ1) is 16.8. The van der Waals surface area contributed by atoms with E-state index in [9.17, 15) is 18.0 Å². The minimum Gasteiger partial charge on any atom is -0.497 e. The van der Waals surface area contributed by atoms with Gasteiger partial charge in [-0.25, -0.2) is 8.42 Å². The van der Waals surface area contributed by atoms with Gasteiger partial charge in [0.05, 0.1) is 18.0 Å². The fraction of sp³-hybridized carbons (Fsp3) is 0.231. The van der Waals surface area contributed by atoms with E-state index in [1.165, 1.54) is 23.4 Å². The fourth-order valence-electron chi connectivity index (χ4n) is 4.24. The first-order valence-electron chi connectivity index (χ1n) is 11.2. The minimum atomic E-state index is -3.90. The molecule has 1 unspecified atom stereocenters. The largest absolute Gasteiger partial charge is 0.497 e. The molecular formula is C26H27N3O5S. The number of anilines is 2. The summed E-state index contributed by atoms with van der Waals surface area (Å²) < 4.78 is 33.8. The summed E-state index contributed by atoms with van der Waals surface area (Å²) in [5.41, 5.74) is 2.96. The van der Waals surface area contributed by atoms with E-state index in [2.05, 4.69) is 10.6 Å². The highest BCUT2D eigenvalue weighted by molar-refractivity contribution is 7.89. The molecule has 1 heterocycles. The summed E-state index contributed by atoms with van der Waals surface area (Å²) in [5.74, 6) is 0.139. The third kappa shape index (κ3) is 5.52. The number of sulfonamides is 1. The van der Waals surface area contributed by atoms with E-state index in [-0.39, 0.29) is 29.7 Å². The number of carbonyl (C=O) groups is 2. The van der Waals surface area contributed by atoms with Gasteiger partial charge in [0, 0.05) is 31.3 Å². The molecule has 0 aromatic heterocycles. The third-order valence-electron chi connectivity index (χ3n) is 5.90. The number of hydrogen-bond donors (Lipinski definition) is 2. The zero-order chi connectivity index (χ0) is 25.0. The van der Waals surface area contributed by atoms with Gasteiger partial charge in [0.2, 0.25) is 21.8 Å². The van der Waals surface area contributed by atoms with Crippen LogP contribution in [0.25, 0.3) is 0 Å². The Bertz CT molecular complexity index is 1320. The molecule has 35 heavy (non-hydrogen) atoms. The zero-order valence-electron chi connectivity index (χ0n) is 19.5. The summed E-state index contributed by atoms with van der Waals surface area (Å²) in [6, 6.07) is 20.0. The molecule has 0 saturated carbocycles. The average Bonchev–Trinajstić information content (AvgIpc) is 2.84. The summed E-state index contributed by atoms with van der Waals surface area (Å²) in [6.07, 6.45) is 0.516. The lowest BCUT2D eigenvalue weighted by Gasteiger charge is -2.36. The van der Waals surface area contributed by atoms with E-state index in [0.29, 0.717) is 23.5 Å². The van der Waals surface area contributed by atoms with Gasteiger partial charge < -0.3 is 15.4 Å². The maximum atomic E-state index is 13.6. The smallest absolute Gasteiger partial charge is 0.243 e. The Hall–Kier alpha value is -3.69. The average molecular weight is 494 g/mol. The molecule has 182 valence electrons. The summed E-state index contributed by atoms with van der Waals surface area (Å²) >= 11 is 0. The lowest BCUT2D eigenvalue weighted by molar-refractivity contribution is -0.117. The van der Waals surface area contributed by atoms with Gasteiger partial charge in [0.15, 0.2) is 0 Å². The van der Waals surface area contributed by atoms with Crippen molar-refractivity contribution in [2.45, 2.75) is 30.7 Å². The summed E-state index contributed by atoms with van der Waals surface area (Å²) in [5, 5.41) is 5.49. The van der Waals surface area contributed by atoms with E-state index < -0.39 is 16.1 Å². The van der Waals surface area contributed by atoms with Crippen LogP contribution in [-0.2, 0) is 26.0 Å². The van der Waals surface area contributed by atoms with Crippen LogP contribution in [0, 0.1) is 0 Å². The number of rotatable bonds is 7. The number of amides is 2. The van der Waals surface area contributed by atoms with Crippen LogP contribution in [0.1, 0.15) is 30.5 Å². The monoisotopic (exact) mass is 493 g/mol. The van der Waals surface area contributed by atoms with Crippen LogP contribution in [0.4, 0.5) is 11.4 Å². The third-order valence-corrected chi connectivity index (χ3v) is 7.82. The van der Waals surface area contributed by atoms with Gasteiger partial charge >= 0.3 is 0 Å². The highest BCUT2D eigenvalue weighted by Crippen LogP contribution is 2.36. The van der Waals surface area contributed by atoms with Crippen molar-refractivity contribution >= 4 is 33.2 Å². The predicted molar refractivity (Wildman–Crippen MR) is 134 cm³/mol. The van der Waals surface area contributed by atoms with Gasteiger partial charge in [0.25, 0.3) is 0 Å². The second kappa shape index (κ2) is 10.3. The van der Waals surface area contributed by atoms with Crippen molar-refractivity contribution in [2.75, 3.05) is 24.3 Å². The van der Waals surface area contributed by atoms with E-state index in [0.717, 1.165) is 11.1 Å².